The minimum Gasteiger partial charge on any atom is -0.398 e. The summed E-state index contributed by atoms with van der Waals surface area (Å²) in [5, 5.41) is 0. The number of hydrogen-bond donors (Lipinski definition) is 1. The van der Waals surface area contributed by atoms with Gasteiger partial charge in [0.25, 0.3) is 0 Å². The van der Waals surface area contributed by atoms with Gasteiger partial charge in [-0.2, -0.15) is 0 Å². The Morgan fingerprint density at radius 2 is 2.06 bits per heavy atom. The van der Waals surface area contributed by atoms with Gasteiger partial charge in [0.2, 0.25) is 0 Å². The van der Waals surface area contributed by atoms with Gasteiger partial charge in [0.15, 0.2) is 0 Å². The average molecular weight is 280 g/mol. The van der Waals surface area contributed by atoms with Crippen LogP contribution in [0.15, 0.2) is 28.7 Å². The first kappa shape index (κ1) is 11.7. The molecule has 2 rings (SSSR count). The molecule has 0 bridgehead atoms. The van der Waals surface area contributed by atoms with Crippen LogP contribution in [0.3, 0.4) is 0 Å². The molecule has 0 heterocycles. The van der Waals surface area contributed by atoms with Crippen LogP contribution in [0.2, 0.25) is 0 Å². The Balaban J connectivity index is 2.32. The van der Waals surface area contributed by atoms with Gasteiger partial charge in [0.1, 0.15) is 0 Å². The number of hydrogen-bond acceptors (Lipinski definition) is 1. The van der Waals surface area contributed by atoms with Crippen LogP contribution in [0.25, 0.3) is 5.57 Å². The summed E-state index contributed by atoms with van der Waals surface area (Å²) < 4.78 is 1.10. The Labute approximate surface area is 106 Å². The highest BCUT2D eigenvalue weighted by Gasteiger charge is 2.22. The molecule has 1 aliphatic rings. The SMILES string of the molecule is CC1(C)CC=C(c2cc(Br)ccc2N)CC1. The highest BCUT2D eigenvalue weighted by molar-refractivity contribution is 9.10. The monoisotopic (exact) mass is 279 g/mol. The van der Waals surface area contributed by atoms with Crippen LogP contribution < -0.4 is 5.73 Å². The second kappa shape index (κ2) is 4.25. The molecule has 0 unspecified atom stereocenters. The van der Waals surface area contributed by atoms with E-state index in [1.807, 2.05) is 12.1 Å². The van der Waals surface area contributed by atoms with Crippen molar-refractivity contribution in [3.05, 3.63) is 34.3 Å². The van der Waals surface area contributed by atoms with Crippen molar-refractivity contribution < 1.29 is 0 Å². The van der Waals surface area contributed by atoms with Crippen molar-refractivity contribution in [1.82, 2.24) is 0 Å². The first-order valence-corrected chi connectivity index (χ1v) is 6.52. The van der Waals surface area contributed by atoms with Crippen molar-refractivity contribution in [3.63, 3.8) is 0 Å². The number of nitrogen functional groups attached to an aromatic ring is 1. The molecule has 1 nitrogen and oxygen atoms in total. The lowest BCUT2D eigenvalue weighted by molar-refractivity contribution is 0.335. The number of benzene rings is 1. The predicted octanol–water partition coefficient (Wildman–Crippen LogP) is 4.62. The second-order valence-corrected chi connectivity index (χ2v) is 6.24. The van der Waals surface area contributed by atoms with E-state index in [1.54, 1.807) is 0 Å². The first-order valence-electron chi connectivity index (χ1n) is 5.72. The van der Waals surface area contributed by atoms with Crippen LogP contribution in [-0.2, 0) is 0 Å². The van der Waals surface area contributed by atoms with Crippen LogP contribution in [0.4, 0.5) is 5.69 Å². The molecule has 1 aliphatic carbocycles. The Bertz CT molecular complexity index is 432. The topological polar surface area (TPSA) is 26.0 Å². The Morgan fingerprint density at radius 3 is 2.69 bits per heavy atom. The smallest absolute Gasteiger partial charge is 0.0391 e. The van der Waals surface area contributed by atoms with Gasteiger partial charge in [-0.15, -0.1) is 0 Å². The molecule has 0 fully saturated rings. The molecule has 0 saturated carbocycles. The first-order chi connectivity index (χ1) is 7.48. The van der Waals surface area contributed by atoms with E-state index < -0.39 is 0 Å². The maximum Gasteiger partial charge on any atom is 0.0391 e. The van der Waals surface area contributed by atoms with E-state index in [0.29, 0.717) is 5.41 Å². The van der Waals surface area contributed by atoms with Gasteiger partial charge in [-0.25, -0.2) is 0 Å². The fraction of sp³-hybridized carbons (Fsp3) is 0.429. The lowest BCUT2D eigenvalue weighted by Gasteiger charge is -2.29. The zero-order valence-corrected chi connectivity index (χ0v) is 11.5. The van der Waals surface area contributed by atoms with Gasteiger partial charge >= 0.3 is 0 Å². The third-order valence-corrected chi connectivity index (χ3v) is 3.83. The van der Waals surface area contributed by atoms with Crippen LogP contribution in [-0.4, -0.2) is 0 Å². The van der Waals surface area contributed by atoms with E-state index in [9.17, 15) is 0 Å². The van der Waals surface area contributed by atoms with E-state index >= 15 is 0 Å². The maximum atomic E-state index is 6.03. The standard InChI is InChI=1S/C14H18BrN/c1-14(2)7-5-10(6-8-14)12-9-11(15)3-4-13(12)16/h3-5,9H,6-8,16H2,1-2H3. The third kappa shape index (κ3) is 2.49. The third-order valence-electron chi connectivity index (χ3n) is 3.33. The van der Waals surface area contributed by atoms with Gasteiger partial charge < -0.3 is 5.73 Å². The summed E-state index contributed by atoms with van der Waals surface area (Å²) in [7, 11) is 0. The number of halogens is 1. The molecule has 86 valence electrons. The van der Waals surface area contributed by atoms with Crippen molar-refractivity contribution in [2.75, 3.05) is 5.73 Å². The van der Waals surface area contributed by atoms with E-state index in [2.05, 4.69) is 41.9 Å². The number of rotatable bonds is 1. The predicted molar refractivity (Wildman–Crippen MR) is 74.2 cm³/mol. The fourth-order valence-electron chi connectivity index (χ4n) is 2.13. The van der Waals surface area contributed by atoms with Crippen LogP contribution >= 0.6 is 15.9 Å². The van der Waals surface area contributed by atoms with Crippen LogP contribution in [0.5, 0.6) is 0 Å². The summed E-state index contributed by atoms with van der Waals surface area (Å²) in [6.45, 7) is 4.65. The molecule has 2 heteroatoms. The highest BCUT2D eigenvalue weighted by Crippen LogP contribution is 2.39. The van der Waals surface area contributed by atoms with Crippen molar-refractivity contribution in [1.29, 1.82) is 0 Å². The normalized spacial score (nSPS) is 19.3. The molecular weight excluding hydrogens is 262 g/mol. The minimum absolute atomic E-state index is 0.449. The largest absolute Gasteiger partial charge is 0.398 e. The molecule has 0 spiro atoms. The van der Waals surface area contributed by atoms with E-state index in [0.717, 1.165) is 23.0 Å². The summed E-state index contributed by atoms with van der Waals surface area (Å²) in [4.78, 5) is 0. The molecule has 0 aliphatic heterocycles. The zero-order chi connectivity index (χ0) is 11.8. The summed E-state index contributed by atoms with van der Waals surface area (Å²) in [5.41, 5.74) is 9.96. The molecule has 2 N–H and O–H groups in total. The maximum absolute atomic E-state index is 6.03. The number of nitrogens with two attached hydrogens (primary N) is 1. The molecular formula is C14H18BrN. The Morgan fingerprint density at radius 1 is 1.31 bits per heavy atom. The molecule has 0 amide bonds. The second-order valence-electron chi connectivity index (χ2n) is 5.33. The van der Waals surface area contributed by atoms with Crippen molar-refractivity contribution in [2.24, 2.45) is 5.41 Å². The van der Waals surface area contributed by atoms with E-state index in [1.165, 1.54) is 17.6 Å². The lowest BCUT2D eigenvalue weighted by atomic mass is 9.77. The van der Waals surface area contributed by atoms with Crippen LogP contribution in [0, 0.1) is 5.41 Å². The molecule has 0 radical (unpaired) electrons. The molecule has 0 saturated heterocycles. The number of anilines is 1. The quantitative estimate of drug-likeness (QED) is 0.746. The average Bonchev–Trinajstić information content (AvgIpc) is 2.22. The Kier molecular flexibility index (Phi) is 3.11. The van der Waals surface area contributed by atoms with Crippen LogP contribution in [0.1, 0.15) is 38.7 Å². The molecule has 0 aromatic heterocycles. The molecule has 1 aromatic rings. The van der Waals surface area contributed by atoms with Crippen molar-refractivity contribution in [3.8, 4) is 0 Å². The van der Waals surface area contributed by atoms with Gasteiger partial charge in [0, 0.05) is 15.7 Å². The van der Waals surface area contributed by atoms with Crippen molar-refractivity contribution >= 4 is 27.2 Å². The highest BCUT2D eigenvalue weighted by atomic mass is 79.9. The molecule has 16 heavy (non-hydrogen) atoms. The summed E-state index contributed by atoms with van der Waals surface area (Å²) in [6.07, 6.45) is 5.87. The summed E-state index contributed by atoms with van der Waals surface area (Å²) >= 11 is 3.50. The van der Waals surface area contributed by atoms with Gasteiger partial charge in [-0.1, -0.05) is 35.9 Å². The molecule has 0 atom stereocenters. The summed E-state index contributed by atoms with van der Waals surface area (Å²) in [5.74, 6) is 0. The lowest BCUT2D eigenvalue weighted by Crippen LogP contribution is -2.14. The van der Waals surface area contributed by atoms with Gasteiger partial charge in [0.05, 0.1) is 0 Å². The fourth-order valence-corrected chi connectivity index (χ4v) is 2.49. The van der Waals surface area contributed by atoms with E-state index in [4.69, 9.17) is 5.73 Å². The number of allylic oxidation sites excluding steroid dienone is 2. The Hall–Kier alpha value is -0.760. The minimum atomic E-state index is 0.449. The van der Waals surface area contributed by atoms with Crippen molar-refractivity contribution in [2.45, 2.75) is 33.1 Å². The molecule has 1 aromatic carbocycles. The van der Waals surface area contributed by atoms with Gasteiger partial charge in [-0.05, 0) is 48.4 Å². The summed E-state index contributed by atoms with van der Waals surface area (Å²) in [6, 6.07) is 6.09. The van der Waals surface area contributed by atoms with E-state index in [-0.39, 0.29) is 0 Å². The van der Waals surface area contributed by atoms with Gasteiger partial charge in [-0.3, -0.25) is 0 Å². The zero-order valence-electron chi connectivity index (χ0n) is 9.89.